The van der Waals surface area contributed by atoms with Gasteiger partial charge in [-0.15, -0.1) is 10.2 Å². The number of unbranched alkanes of at least 4 members (excludes halogenated alkanes) is 1. The molecule has 0 atom stereocenters. The van der Waals surface area contributed by atoms with Crippen molar-refractivity contribution in [3.8, 4) is 5.75 Å². The summed E-state index contributed by atoms with van der Waals surface area (Å²) in [6, 6.07) is 16.3. The van der Waals surface area contributed by atoms with Gasteiger partial charge in [0.25, 0.3) is 0 Å². The van der Waals surface area contributed by atoms with Gasteiger partial charge in [-0.25, -0.2) is 9.18 Å². The molecule has 3 aromatic carbocycles. The topological polar surface area (TPSA) is 98.5 Å². The quantitative estimate of drug-likeness (QED) is 0.139. The van der Waals surface area contributed by atoms with Crippen LogP contribution in [-0.4, -0.2) is 31.8 Å². The highest BCUT2D eigenvalue weighted by Crippen LogP contribution is 2.30. The van der Waals surface area contributed by atoms with Crippen molar-refractivity contribution in [3.05, 3.63) is 72.0 Å². The average molecular weight is 466 g/mol. The number of carbonyl (C=O) groups excluding carboxylic acids is 1. The number of anilines is 3. The smallest absolute Gasteiger partial charge is 0.338 e. The normalized spacial score (nSPS) is 10.8. The van der Waals surface area contributed by atoms with Crippen molar-refractivity contribution in [3.63, 3.8) is 0 Å². The molecule has 3 rings (SSSR count). The minimum Gasteiger partial charge on any atom is -0.506 e. The van der Waals surface area contributed by atoms with Crippen LogP contribution in [0.5, 0.6) is 5.75 Å². The molecule has 0 radical (unpaired) electrons. The molecule has 0 bridgehead atoms. The fourth-order valence-corrected chi connectivity index (χ4v) is 2.89. The van der Waals surface area contributed by atoms with Gasteiger partial charge in [0.05, 0.1) is 23.5 Å². The van der Waals surface area contributed by atoms with Crippen molar-refractivity contribution in [1.29, 1.82) is 0 Å². The third kappa shape index (κ3) is 6.68. The molecule has 178 valence electrons. The first-order chi connectivity index (χ1) is 16.4. The molecule has 3 aromatic rings. The van der Waals surface area contributed by atoms with E-state index in [2.05, 4.69) is 21.1 Å². The molecule has 0 heterocycles. The van der Waals surface area contributed by atoms with E-state index in [0.717, 1.165) is 24.2 Å². The molecular weight excluding hydrogens is 437 g/mol. The maximum atomic E-state index is 14.5. The molecule has 0 saturated carbocycles. The molecular formula is C25H28FN5O3. The summed E-state index contributed by atoms with van der Waals surface area (Å²) in [6.07, 6.45) is 1.68. The van der Waals surface area contributed by atoms with Gasteiger partial charge in [-0.3, -0.25) is 0 Å². The number of phenols is 1. The number of esters is 1. The lowest BCUT2D eigenvalue weighted by Gasteiger charge is -2.14. The molecule has 0 saturated heterocycles. The van der Waals surface area contributed by atoms with Crippen LogP contribution in [0.1, 0.15) is 30.1 Å². The van der Waals surface area contributed by atoms with Gasteiger partial charge in [0.1, 0.15) is 17.1 Å². The number of carbonyl (C=O) groups is 1. The van der Waals surface area contributed by atoms with Gasteiger partial charge in [-0.05, 0) is 61.0 Å². The molecule has 9 heteroatoms. The summed E-state index contributed by atoms with van der Waals surface area (Å²) >= 11 is 0. The van der Waals surface area contributed by atoms with E-state index < -0.39 is 11.8 Å². The third-order valence-corrected chi connectivity index (χ3v) is 4.89. The molecule has 0 fully saturated rings. The molecule has 0 aliphatic heterocycles. The van der Waals surface area contributed by atoms with Crippen molar-refractivity contribution < 1.29 is 19.0 Å². The Labute approximate surface area is 198 Å². The molecule has 3 N–H and O–H groups in total. The minimum atomic E-state index is -0.589. The number of nitrogens with zero attached hydrogens (tertiary/aromatic N) is 3. The highest BCUT2D eigenvalue weighted by molar-refractivity contribution is 5.90. The monoisotopic (exact) mass is 465 g/mol. The SMILES string of the molecule is CCCCOC(=O)c1ccc(N=Nc2ccc(NNc3ccc(N(C)C)cc3)cc2F)c(O)c1. The summed E-state index contributed by atoms with van der Waals surface area (Å²) in [6.45, 7) is 2.31. The lowest BCUT2D eigenvalue weighted by Crippen LogP contribution is -2.10. The van der Waals surface area contributed by atoms with Crippen molar-refractivity contribution in [2.24, 2.45) is 10.2 Å². The number of hydrazine groups is 1. The summed E-state index contributed by atoms with van der Waals surface area (Å²) in [5.74, 6) is -1.37. The lowest BCUT2D eigenvalue weighted by atomic mass is 10.2. The lowest BCUT2D eigenvalue weighted by molar-refractivity contribution is 0.0499. The zero-order valence-electron chi connectivity index (χ0n) is 19.4. The van der Waals surface area contributed by atoms with E-state index >= 15 is 0 Å². The number of nitrogens with one attached hydrogen (secondary N) is 2. The first-order valence-electron chi connectivity index (χ1n) is 10.9. The fraction of sp³-hybridized carbons (Fsp3) is 0.240. The van der Waals surface area contributed by atoms with Crippen LogP contribution < -0.4 is 15.8 Å². The standard InChI is InChI=1S/C25H28FN5O3/c1-4-5-14-34-25(33)17-6-12-23(24(32)15-17)30-29-22-13-9-19(16-21(22)26)28-27-18-7-10-20(11-8-18)31(2)3/h6-13,15-16,27-28,32H,4-5,14H2,1-3H3. The maximum Gasteiger partial charge on any atom is 0.338 e. The van der Waals surface area contributed by atoms with E-state index in [0.29, 0.717) is 12.3 Å². The van der Waals surface area contributed by atoms with E-state index in [-0.39, 0.29) is 22.7 Å². The van der Waals surface area contributed by atoms with Crippen LogP contribution in [0.3, 0.4) is 0 Å². The number of benzene rings is 3. The van der Waals surface area contributed by atoms with Crippen molar-refractivity contribution in [2.45, 2.75) is 19.8 Å². The number of halogens is 1. The van der Waals surface area contributed by atoms with E-state index in [9.17, 15) is 14.3 Å². The molecule has 0 aliphatic rings. The van der Waals surface area contributed by atoms with Crippen molar-refractivity contribution >= 4 is 34.4 Å². The molecule has 0 aromatic heterocycles. The van der Waals surface area contributed by atoms with Crippen LogP contribution in [0.25, 0.3) is 0 Å². The van der Waals surface area contributed by atoms with Crippen LogP contribution in [-0.2, 0) is 4.74 Å². The Morgan fingerprint density at radius 3 is 2.26 bits per heavy atom. The predicted octanol–water partition coefficient (Wildman–Crippen LogP) is 6.41. The summed E-state index contributed by atoms with van der Waals surface area (Å²) in [5, 5.41) is 17.9. The summed E-state index contributed by atoms with van der Waals surface area (Å²) < 4.78 is 19.6. The number of hydrogen-bond donors (Lipinski definition) is 3. The number of rotatable bonds is 10. The number of azo groups is 1. The Bertz CT molecular complexity index is 1150. The minimum absolute atomic E-state index is 0.00309. The molecule has 34 heavy (non-hydrogen) atoms. The summed E-state index contributed by atoms with van der Waals surface area (Å²) in [5.41, 5.74) is 8.65. The molecule has 0 amide bonds. The predicted molar refractivity (Wildman–Crippen MR) is 132 cm³/mol. The highest BCUT2D eigenvalue weighted by Gasteiger charge is 2.11. The Balaban J connectivity index is 1.61. The van der Waals surface area contributed by atoms with Crippen LogP contribution in [0.15, 0.2) is 70.9 Å². The van der Waals surface area contributed by atoms with E-state index in [1.54, 1.807) is 6.07 Å². The van der Waals surface area contributed by atoms with Gasteiger partial charge in [0.15, 0.2) is 5.82 Å². The van der Waals surface area contributed by atoms with Crippen LogP contribution in [0.2, 0.25) is 0 Å². The molecule has 8 nitrogen and oxygen atoms in total. The van der Waals surface area contributed by atoms with Gasteiger partial charge in [-0.2, -0.15) is 0 Å². The second-order valence-corrected chi connectivity index (χ2v) is 7.75. The Morgan fingerprint density at radius 2 is 1.62 bits per heavy atom. The second kappa shape index (κ2) is 11.6. The van der Waals surface area contributed by atoms with Crippen LogP contribution >= 0.6 is 0 Å². The zero-order valence-corrected chi connectivity index (χ0v) is 19.4. The van der Waals surface area contributed by atoms with Gasteiger partial charge in [0.2, 0.25) is 0 Å². The van der Waals surface area contributed by atoms with Gasteiger partial charge >= 0.3 is 5.97 Å². The third-order valence-electron chi connectivity index (χ3n) is 4.89. The highest BCUT2D eigenvalue weighted by atomic mass is 19.1. The largest absolute Gasteiger partial charge is 0.506 e. The number of aromatic hydroxyl groups is 1. The fourth-order valence-electron chi connectivity index (χ4n) is 2.89. The van der Waals surface area contributed by atoms with Gasteiger partial charge < -0.3 is 25.6 Å². The van der Waals surface area contributed by atoms with Crippen molar-refractivity contribution in [2.75, 3.05) is 36.5 Å². The summed E-state index contributed by atoms with van der Waals surface area (Å²) in [7, 11) is 3.93. The molecule has 0 unspecified atom stereocenters. The second-order valence-electron chi connectivity index (χ2n) is 7.75. The maximum absolute atomic E-state index is 14.5. The van der Waals surface area contributed by atoms with Crippen molar-refractivity contribution in [1.82, 2.24) is 0 Å². The van der Waals surface area contributed by atoms with Gasteiger partial charge in [-0.1, -0.05) is 13.3 Å². The van der Waals surface area contributed by atoms with E-state index in [4.69, 9.17) is 4.74 Å². The van der Waals surface area contributed by atoms with E-state index in [1.807, 2.05) is 50.2 Å². The number of phenolic OH excluding ortho intramolecular Hbond substituents is 1. The zero-order chi connectivity index (χ0) is 24.5. The van der Waals surface area contributed by atoms with Crippen LogP contribution in [0.4, 0.5) is 32.8 Å². The number of ether oxygens (including phenoxy) is 1. The van der Waals surface area contributed by atoms with Crippen LogP contribution in [0, 0.1) is 5.82 Å². The average Bonchev–Trinajstić information content (AvgIpc) is 2.83. The molecule has 0 spiro atoms. The first-order valence-corrected chi connectivity index (χ1v) is 10.9. The summed E-state index contributed by atoms with van der Waals surface area (Å²) in [4.78, 5) is 14.0. The Kier molecular flexibility index (Phi) is 8.39. The molecule has 0 aliphatic carbocycles. The van der Waals surface area contributed by atoms with Gasteiger partial charge in [0, 0.05) is 25.8 Å². The first kappa shape index (κ1) is 24.5. The van der Waals surface area contributed by atoms with E-state index in [1.165, 1.54) is 30.3 Å². The number of hydrogen-bond acceptors (Lipinski definition) is 8. The Hall–Kier alpha value is -4.14. The Morgan fingerprint density at radius 1 is 0.971 bits per heavy atom.